The van der Waals surface area contributed by atoms with Crippen molar-refractivity contribution in [3.05, 3.63) is 0 Å². The van der Waals surface area contributed by atoms with Gasteiger partial charge < -0.3 is 25.3 Å². The van der Waals surface area contributed by atoms with Crippen molar-refractivity contribution in [1.82, 2.24) is 10.2 Å². The number of guanidine groups is 1. The third-order valence-electron chi connectivity index (χ3n) is 3.47. The zero-order chi connectivity index (χ0) is 15.9. The zero-order valence-electron chi connectivity index (χ0n) is 13.9. The number of aliphatic imine (C=N–C) groups is 1. The van der Waals surface area contributed by atoms with Gasteiger partial charge in [-0.1, -0.05) is 0 Å². The average molecular weight is 316 g/mol. The molecule has 1 aliphatic rings. The minimum absolute atomic E-state index is 0.544. The van der Waals surface area contributed by atoms with E-state index in [-0.39, 0.29) is 0 Å². The third-order valence-corrected chi connectivity index (χ3v) is 3.47. The van der Waals surface area contributed by atoms with Gasteiger partial charge in [-0.15, -0.1) is 0 Å². The fourth-order valence-electron chi connectivity index (χ4n) is 2.16. The maximum Gasteiger partial charge on any atom is 0.188 e. The highest BCUT2D eigenvalue weighted by Gasteiger charge is 2.08. The molecule has 0 spiro atoms. The molecule has 1 heterocycles. The van der Waals surface area contributed by atoms with Crippen molar-refractivity contribution in [2.75, 3.05) is 72.9 Å². The van der Waals surface area contributed by atoms with Crippen molar-refractivity contribution in [2.45, 2.75) is 19.3 Å². The van der Waals surface area contributed by atoms with Gasteiger partial charge in [-0.05, 0) is 19.3 Å². The monoisotopic (exact) mass is 316 g/mol. The van der Waals surface area contributed by atoms with E-state index in [0.717, 1.165) is 71.8 Å². The third kappa shape index (κ3) is 10.8. The van der Waals surface area contributed by atoms with Crippen LogP contribution in [-0.2, 0) is 14.2 Å². The Hall–Kier alpha value is -0.890. The fourth-order valence-corrected chi connectivity index (χ4v) is 2.16. The number of hydrogen-bond donors (Lipinski definition) is 2. The second-order valence-corrected chi connectivity index (χ2v) is 5.31. The van der Waals surface area contributed by atoms with Crippen molar-refractivity contribution in [3.63, 3.8) is 0 Å². The summed E-state index contributed by atoms with van der Waals surface area (Å²) in [5.41, 5.74) is 5.83. The van der Waals surface area contributed by atoms with Crippen LogP contribution in [0.2, 0.25) is 0 Å². The van der Waals surface area contributed by atoms with E-state index in [1.165, 1.54) is 0 Å². The summed E-state index contributed by atoms with van der Waals surface area (Å²) >= 11 is 0. The lowest BCUT2D eigenvalue weighted by Crippen LogP contribution is -2.37. The molecule has 0 aromatic rings. The van der Waals surface area contributed by atoms with E-state index in [1.807, 2.05) is 0 Å². The van der Waals surface area contributed by atoms with Crippen molar-refractivity contribution < 1.29 is 14.2 Å². The van der Waals surface area contributed by atoms with E-state index in [2.05, 4.69) is 15.2 Å². The first-order valence-electron chi connectivity index (χ1n) is 8.23. The fraction of sp³-hybridized carbons (Fsp3) is 0.933. The summed E-state index contributed by atoms with van der Waals surface area (Å²) in [5.74, 6) is 0.544. The molecule has 0 aliphatic carbocycles. The normalized spacial score (nSPS) is 16.9. The Kier molecular flexibility index (Phi) is 12.0. The number of morpholine rings is 1. The van der Waals surface area contributed by atoms with Crippen LogP contribution < -0.4 is 11.1 Å². The molecule has 0 aromatic carbocycles. The number of nitrogens with zero attached hydrogens (tertiary/aromatic N) is 2. The molecule has 1 fully saturated rings. The lowest BCUT2D eigenvalue weighted by molar-refractivity contribution is 0.0377. The number of nitrogens with one attached hydrogen (secondary N) is 1. The highest BCUT2D eigenvalue weighted by Crippen LogP contribution is 1.97. The number of methoxy groups -OCH3 is 1. The standard InChI is InChI=1S/C15H32N4O3/c1-20-13-14-21-10-3-2-5-17-15(16)18-6-4-7-19-8-11-22-12-9-19/h2-14H2,1H3,(H3,16,17,18). The van der Waals surface area contributed by atoms with Gasteiger partial charge >= 0.3 is 0 Å². The predicted octanol–water partition coefficient (Wildman–Crippen LogP) is 0.0562. The van der Waals surface area contributed by atoms with Gasteiger partial charge in [0.25, 0.3) is 0 Å². The van der Waals surface area contributed by atoms with E-state index >= 15 is 0 Å². The van der Waals surface area contributed by atoms with Crippen molar-refractivity contribution in [1.29, 1.82) is 0 Å². The maximum absolute atomic E-state index is 5.83. The van der Waals surface area contributed by atoms with E-state index in [0.29, 0.717) is 19.2 Å². The molecule has 0 unspecified atom stereocenters. The molecule has 130 valence electrons. The number of unbranched alkanes of at least 4 members (excludes halogenated alkanes) is 1. The highest BCUT2D eigenvalue weighted by atomic mass is 16.5. The maximum atomic E-state index is 5.83. The van der Waals surface area contributed by atoms with Gasteiger partial charge in [-0.2, -0.15) is 0 Å². The molecule has 0 aromatic heterocycles. The summed E-state index contributed by atoms with van der Waals surface area (Å²) < 4.78 is 15.6. The minimum Gasteiger partial charge on any atom is -0.382 e. The largest absolute Gasteiger partial charge is 0.382 e. The predicted molar refractivity (Wildman–Crippen MR) is 88.3 cm³/mol. The molecule has 0 bridgehead atoms. The van der Waals surface area contributed by atoms with Gasteiger partial charge in [0.2, 0.25) is 0 Å². The van der Waals surface area contributed by atoms with E-state index < -0.39 is 0 Å². The van der Waals surface area contributed by atoms with Gasteiger partial charge in [0.05, 0.1) is 26.4 Å². The summed E-state index contributed by atoms with van der Waals surface area (Å²) in [5, 5.41) is 3.14. The molecule has 1 rings (SSSR count). The van der Waals surface area contributed by atoms with Crippen LogP contribution in [0.4, 0.5) is 0 Å². The first-order chi connectivity index (χ1) is 10.8. The van der Waals surface area contributed by atoms with Crippen LogP contribution in [0.1, 0.15) is 19.3 Å². The molecule has 0 atom stereocenters. The summed E-state index contributed by atoms with van der Waals surface area (Å²) in [7, 11) is 1.68. The van der Waals surface area contributed by atoms with E-state index in [1.54, 1.807) is 7.11 Å². The number of ether oxygens (including phenoxy) is 3. The van der Waals surface area contributed by atoms with Crippen LogP contribution in [0.3, 0.4) is 0 Å². The number of nitrogens with two attached hydrogens (primary N) is 1. The van der Waals surface area contributed by atoms with Crippen molar-refractivity contribution >= 4 is 5.96 Å². The molecular formula is C15H32N4O3. The Morgan fingerprint density at radius 1 is 1.18 bits per heavy atom. The molecular weight excluding hydrogens is 284 g/mol. The summed E-state index contributed by atoms with van der Waals surface area (Å²) in [6.07, 6.45) is 3.08. The lowest BCUT2D eigenvalue weighted by atomic mass is 10.3. The first kappa shape index (κ1) is 19.2. The van der Waals surface area contributed by atoms with E-state index in [4.69, 9.17) is 19.9 Å². The Labute approximate surface area is 134 Å². The van der Waals surface area contributed by atoms with Gasteiger partial charge in [-0.3, -0.25) is 9.89 Å². The SMILES string of the molecule is COCCOCCCCNC(N)=NCCCN1CCOCC1. The Balaban J connectivity index is 1.87. The van der Waals surface area contributed by atoms with Crippen molar-refractivity contribution in [2.24, 2.45) is 10.7 Å². The molecule has 7 nitrogen and oxygen atoms in total. The topological polar surface area (TPSA) is 81.3 Å². The molecule has 1 saturated heterocycles. The molecule has 22 heavy (non-hydrogen) atoms. The molecule has 0 radical (unpaired) electrons. The van der Waals surface area contributed by atoms with Gasteiger partial charge in [0, 0.05) is 46.4 Å². The van der Waals surface area contributed by atoms with E-state index in [9.17, 15) is 0 Å². The number of rotatable bonds is 12. The quantitative estimate of drug-likeness (QED) is 0.301. The smallest absolute Gasteiger partial charge is 0.188 e. The van der Waals surface area contributed by atoms with Gasteiger partial charge in [0.1, 0.15) is 0 Å². The second kappa shape index (κ2) is 13.8. The second-order valence-electron chi connectivity index (χ2n) is 5.31. The molecule has 0 saturated carbocycles. The molecule has 0 amide bonds. The average Bonchev–Trinajstić information content (AvgIpc) is 2.55. The molecule has 3 N–H and O–H groups in total. The van der Waals surface area contributed by atoms with Crippen LogP contribution >= 0.6 is 0 Å². The Morgan fingerprint density at radius 2 is 2.00 bits per heavy atom. The summed E-state index contributed by atoms with van der Waals surface area (Å²) in [4.78, 5) is 6.75. The van der Waals surface area contributed by atoms with Gasteiger partial charge in [0.15, 0.2) is 5.96 Å². The molecule has 1 aliphatic heterocycles. The first-order valence-corrected chi connectivity index (χ1v) is 8.23. The Bertz CT molecular complexity index is 284. The van der Waals surface area contributed by atoms with Crippen molar-refractivity contribution in [3.8, 4) is 0 Å². The summed E-state index contributed by atoms with van der Waals surface area (Å²) in [6.45, 7) is 8.53. The van der Waals surface area contributed by atoms with Crippen LogP contribution in [0.15, 0.2) is 4.99 Å². The zero-order valence-corrected chi connectivity index (χ0v) is 13.9. The van der Waals surface area contributed by atoms with Crippen LogP contribution in [-0.4, -0.2) is 83.7 Å². The van der Waals surface area contributed by atoms with Crippen LogP contribution in [0.25, 0.3) is 0 Å². The lowest BCUT2D eigenvalue weighted by Gasteiger charge is -2.26. The number of hydrogen-bond acceptors (Lipinski definition) is 5. The molecule has 7 heteroatoms. The Morgan fingerprint density at radius 3 is 2.77 bits per heavy atom. The van der Waals surface area contributed by atoms with Gasteiger partial charge in [-0.25, -0.2) is 0 Å². The highest BCUT2D eigenvalue weighted by molar-refractivity contribution is 5.77. The van der Waals surface area contributed by atoms with Crippen LogP contribution in [0.5, 0.6) is 0 Å². The van der Waals surface area contributed by atoms with Crippen LogP contribution in [0, 0.1) is 0 Å². The summed E-state index contributed by atoms with van der Waals surface area (Å²) in [6, 6.07) is 0. The minimum atomic E-state index is 0.544.